The van der Waals surface area contributed by atoms with Crippen LogP contribution in [0.3, 0.4) is 0 Å². The van der Waals surface area contributed by atoms with Gasteiger partial charge in [-0.05, 0) is 60.9 Å². The zero-order chi connectivity index (χ0) is 19.1. The maximum absolute atomic E-state index is 5.84. The van der Waals surface area contributed by atoms with Gasteiger partial charge in [0, 0.05) is 23.7 Å². The smallest absolute Gasteiger partial charge is 0.129 e. The van der Waals surface area contributed by atoms with Crippen molar-refractivity contribution in [2.45, 2.75) is 26.2 Å². The zero-order valence-corrected chi connectivity index (χ0v) is 16.3. The lowest BCUT2D eigenvalue weighted by molar-refractivity contribution is 0.309. The normalized spacial score (nSPS) is 13.2. The first kappa shape index (κ1) is 19.0. The Balaban J connectivity index is 1.79. The molecule has 142 valence electrons. The number of unbranched alkanes of at least 4 members (excludes halogenated alkanes) is 1. The third-order valence-electron chi connectivity index (χ3n) is 4.64. The molecule has 1 aliphatic rings. The van der Waals surface area contributed by atoms with Gasteiger partial charge in [-0.25, -0.2) is 0 Å². The molecule has 0 saturated carbocycles. The van der Waals surface area contributed by atoms with E-state index in [0.29, 0.717) is 0 Å². The van der Waals surface area contributed by atoms with E-state index in [2.05, 4.69) is 25.1 Å². The molecule has 2 aromatic rings. The van der Waals surface area contributed by atoms with E-state index >= 15 is 0 Å². The Bertz CT molecular complexity index is 840. The molecule has 0 amide bonds. The number of methoxy groups -OCH3 is 2. The lowest BCUT2D eigenvalue weighted by atomic mass is 9.96. The van der Waals surface area contributed by atoms with Crippen LogP contribution in [0, 0.1) is 0 Å². The summed E-state index contributed by atoms with van der Waals surface area (Å²) in [5, 5.41) is 0. The van der Waals surface area contributed by atoms with Gasteiger partial charge in [0.1, 0.15) is 17.2 Å². The van der Waals surface area contributed by atoms with Gasteiger partial charge >= 0.3 is 0 Å². The van der Waals surface area contributed by atoms with Crippen LogP contribution in [0.1, 0.15) is 36.5 Å². The Morgan fingerprint density at radius 1 is 1.00 bits per heavy atom. The quantitative estimate of drug-likeness (QED) is 0.622. The molecule has 0 spiro atoms. The topological polar surface area (TPSA) is 40.0 Å². The Hall–Kier alpha value is -2.75. The molecule has 27 heavy (non-hydrogen) atoms. The number of allylic oxidation sites excluding steroid dienone is 1. The summed E-state index contributed by atoms with van der Waals surface area (Å²) in [7, 11) is 3.32. The maximum Gasteiger partial charge on any atom is 0.129 e. The molecule has 2 aromatic carbocycles. The SMILES string of the molecule is CCCCOc1ccc2c(c1)CCN=C2C=Cc1ccc(OC)cc1OC. The van der Waals surface area contributed by atoms with Crippen molar-refractivity contribution >= 4 is 11.8 Å². The van der Waals surface area contributed by atoms with Crippen LogP contribution in [-0.2, 0) is 6.42 Å². The van der Waals surface area contributed by atoms with Crippen molar-refractivity contribution < 1.29 is 14.2 Å². The third-order valence-corrected chi connectivity index (χ3v) is 4.64. The fourth-order valence-corrected chi connectivity index (χ4v) is 3.10. The van der Waals surface area contributed by atoms with E-state index in [0.717, 1.165) is 60.9 Å². The number of ether oxygens (including phenoxy) is 3. The van der Waals surface area contributed by atoms with Crippen LogP contribution in [0.4, 0.5) is 0 Å². The van der Waals surface area contributed by atoms with Crippen molar-refractivity contribution in [3.63, 3.8) is 0 Å². The van der Waals surface area contributed by atoms with Crippen molar-refractivity contribution in [3.8, 4) is 17.2 Å². The largest absolute Gasteiger partial charge is 0.497 e. The van der Waals surface area contributed by atoms with Crippen LogP contribution in [0.25, 0.3) is 6.08 Å². The average Bonchev–Trinajstić information content (AvgIpc) is 2.72. The predicted molar refractivity (Wildman–Crippen MR) is 111 cm³/mol. The van der Waals surface area contributed by atoms with Crippen LogP contribution in [0.5, 0.6) is 17.2 Å². The van der Waals surface area contributed by atoms with Crippen LogP contribution in [0.15, 0.2) is 47.5 Å². The van der Waals surface area contributed by atoms with E-state index in [1.165, 1.54) is 11.1 Å². The molecule has 0 N–H and O–H groups in total. The van der Waals surface area contributed by atoms with Crippen molar-refractivity contribution in [1.82, 2.24) is 0 Å². The van der Waals surface area contributed by atoms with Crippen LogP contribution >= 0.6 is 0 Å². The van der Waals surface area contributed by atoms with Crippen molar-refractivity contribution in [3.05, 3.63) is 59.2 Å². The summed E-state index contributed by atoms with van der Waals surface area (Å²) in [6.07, 6.45) is 7.26. The van der Waals surface area contributed by atoms with E-state index in [4.69, 9.17) is 19.2 Å². The molecule has 0 aliphatic carbocycles. The highest BCUT2D eigenvalue weighted by Gasteiger charge is 2.13. The zero-order valence-electron chi connectivity index (χ0n) is 16.3. The minimum atomic E-state index is 0.771. The molecule has 0 fully saturated rings. The minimum absolute atomic E-state index is 0.771. The van der Waals surface area contributed by atoms with Crippen LogP contribution in [0.2, 0.25) is 0 Å². The summed E-state index contributed by atoms with van der Waals surface area (Å²) >= 11 is 0. The number of fused-ring (bicyclic) bond motifs is 1. The first-order chi connectivity index (χ1) is 13.2. The third kappa shape index (κ3) is 4.70. The van der Waals surface area contributed by atoms with Crippen molar-refractivity contribution in [1.29, 1.82) is 0 Å². The summed E-state index contributed by atoms with van der Waals surface area (Å²) in [6, 6.07) is 12.1. The van der Waals surface area contributed by atoms with E-state index in [9.17, 15) is 0 Å². The monoisotopic (exact) mass is 365 g/mol. The second-order valence-electron chi connectivity index (χ2n) is 6.48. The number of nitrogens with zero attached hydrogens (tertiary/aromatic N) is 1. The van der Waals surface area contributed by atoms with Gasteiger partial charge in [0.2, 0.25) is 0 Å². The van der Waals surface area contributed by atoms with E-state index in [-0.39, 0.29) is 0 Å². The molecule has 0 atom stereocenters. The molecule has 0 saturated heterocycles. The van der Waals surface area contributed by atoms with Crippen molar-refractivity contribution in [2.75, 3.05) is 27.4 Å². The number of benzene rings is 2. The molecule has 1 aliphatic heterocycles. The second-order valence-corrected chi connectivity index (χ2v) is 6.48. The van der Waals surface area contributed by atoms with Gasteiger partial charge < -0.3 is 14.2 Å². The Morgan fingerprint density at radius 2 is 1.85 bits per heavy atom. The molecule has 0 aromatic heterocycles. The molecule has 4 nitrogen and oxygen atoms in total. The van der Waals surface area contributed by atoms with Gasteiger partial charge in [0.15, 0.2) is 0 Å². The standard InChI is InChI=1S/C23H27NO3/c1-4-5-14-27-20-9-10-21-18(15-20)12-13-24-22(21)11-7-17-6-8-19(25-2)16-23(17)26-3/h6-11,15-16H,4-5,12-14H2,1-3H3. The van der Waals surface area contributed by atoms with Crippen LogP contribution < -0.4 is 14.2 Å². The van der Waals surface area contributed by atoms with Gasteiger partial charge in [-0.2, -0.15) is 0 Å². The molecule has 4 heteroatoms. The number of hydrogen-bond donors (Lipinski definition) is 0. The molecular weight excluding hydrogens is 338 g/mol. The van der Waals surface area contributed by atoms with E-state index in [1.807, 2.05) is 30.3 Å². The predicted octanol–water partition coefficient (Wildman–Crippen LogP) is 4.94. The Kier molecular flexibility index (Phi) is 6.53. The molecule has 0 unspecified atom stereocenters. The van der Waals surface area contributed by atoms with Gasteiger partial charge in [-0.15, -0.1) is 0 Å². The van der Waals surface area contributed by atoms with Gasteiger partial charge in [-0.3, -0.25) is 4.99 Å². The van der Waals surface area contributed by atoms with Gasteiger partial charge in [-0.1, -0.05) is 13.3 Å². The van der Waals surface area contributed by atoms with Gasteiger partial charge in [0.25, 0.3) is 0 Å². The summed E-state index contributed by atoms with van der Waals surface area (Å²) in [6.45, 7) is 3.74. The average molecular weight is 365 g/mol. The second kappa shape index (κ2) is 9.26. The highest BCUT2D eigenvalue weighted by Crippen LogP contribution is 2.27. The molecule has 1 heterocycles. The van der Waals surface area contributed by atoms with Gasteiger partial charge in [0.05, 0.1) is 26.5 Å². The lowest BCUT2D eigenvalue weighted by Crippen LogP contribution is -2.11. The van der Waals surface area contributed by atoms with Crippen LogP contribution in [-0.4, -0.2) is 33.1 Å². The summed E-state index contributed by atoms with van der Waals surface area (Å²) in [4.78, 5) is 4.70. The summed E-state index contributed by atoms with van der Waals surface area (Å²) in [5.41, 5.74) is 4.45. The highest BCUT2D eigenvalue weighted by atomic mass is 16.5. The fraction of sp³-hybridized carbons (Fsp3) is 0.348. The molecule has 0 radical (unpaired) electrons. The first-order valence-electron chi connectivity index (χ1n) is 9.45. The fourth-order valence-electron chi connectivity index (χ4n) is 3.10. The van der Waals surface area contributed by atoms with E-state index in [1.54, 1.807) is 14.2 Å². The number of hydrogen-bond acceptors (Lipinski definition) is 4. The molecular formula is C23H27NO3. The van der Waals surface area contributed by atoms with E-state index < -0.39 is 0 Å². The highest BCUT2D eigenvalue weighted by molar-refractivity contribution is 6.12. The first-order valence-corrected chi connectivity index (χ1v) is 9.45. The van der Waals surface area contributed by atoms with Crippen molar-refractivity contribution in [2.24, 2.45) is 4.99 Å². The summed E-state index contributed by atoms with van der Waals surface area (Å²) in [5.74, 6) is 2.51. The number of rotatable bonds is 8. The Morgan fingerprint density at radius 3 is 2.63 bits per heavy atom. The number of aliphatic imine (C=N–C) groups is 1. The molecule has 0 bridgehead atoms. The Labute approximate surface area is 161 Å². The maximum atomic E-state index is 5.84. The molecule has 3 rings (SSSR count). The minimum Gasteiger partial charge on any atom is -0.497 e. The lowest BCUT2D eigenvalue weighted by Gasteiger charge is -2.16. The summed E-state index contributed by atoms with van der Waals surface area (Å²) < 4.78 is 16.6.